The number of methoxy groups -OCH3 is 1. The van der Waals surface area contributed by atoms with Crippen LogP contribution >= 0.6 is 0 Å². The Kier molecular flexibility index (Phi) is 4.80. The van der Waals surface area contributed by atoms with Gasteiger partial charge in [-0.2, -0.15) is 0 Å². The Morgan fingerprint density at radius 3 is 2.78 bits per heavy atom. The molecule has 0 atom stereocenters. The number of ether oxygens (including phenoxy) is 1. The van der Waals surface area contributed by atoms with E-state index in [2.05, 4.69) is 14.9 Å². The zero-order valence-corrected chi connectivity index (χ0v) is 14.1. The second-order valence-electron chi connectivity index (χ2n) is 6.76. The van der Waals surface area contributed by atoms with Crippen molar-refractivity contribution in [3.63, 3.8) is 0 Å². The van der Waals surface area contributed by atoms with Gasteiger partial charge in [0.25, 0.3) is 0 Å². The molecule has 0 unspecified atom stereocenters. The van der Waals surface area contributed by atoms with Crippen LogP contribution in [0.1, 0.15) is 31.5 Å². The van der Waals surface area contributed by atoms with E-state index < -0.39 is 0 Å². The zero-order chi connectivity index (χ0) is 16.3. The van der Waals surface area contributed by atoms with Crippen LogP contribution in [0.3, 0.4) is 0 Å². The minimum absolute atomic E-state index is 0.278. The highest BCUT2D eigenvalue weighted by Crippen LogP contribution is 2.40. The number of rotatable bonds is 4. The minimum atomic E-state index is 0.278. The molecule has 2 saturated heterocycles. The quantitative estimate of drug-likeness (QED) is 0.845. The van der Waals surface area contributed by atoms with Crippen molar-refractivity contribution in [2.24, 2.45) is 5.41 Å². The number of anilines is 1. The number of aromatic nitrogens is 2. The van der Waals surface area contributed by atoms with Crippen LogP contribution in [0.2, 0.25) is 0 Å². The monoisotopic (exact) mass is 318 g/mol. The van der Waals surface area contributed by atoms with Crippen molar-refractivity contribution < 1.29 is 9.53 Å². The van der Waals surface area contributed by atoms with Crippen LogP contribution in [-0.4, -0.2) is 60.7 Å². The van der Waals surface area contributed by atoms with E-state index in [4.69, 9.17) is 4.74 Å². The lowest BCUT2D eigenvalue weighted by Crippen LogP contribution is -2.52. The number of carbonyl (C=O) groups is 1. The molecule has 6 nitrogen and oxygen atoms in total. The third-order valence-corrected chi connectivity index (χ3v) is 5.22. The van der Waals surface area contributed by atoms with Gasteiger partial charge in [0.2, 0.25) is 5.91 Å². The third-order valence-electron chi connectivity index (χ3n) is 5.22. The van der Waals surface area contributed by atoms with Gasteiger partial charge < -0.3 is 14.5 Å². The smallest absolute Gasteiger partial charge is 0.222 e. The summed E-state index contributed by atoms with van der Waals surface area (Å²) in [4.78, 5) is 25.1. The van der Waals surface area contributed by atoms with E-state index in [1.807, 2.05) is 24.1 Å². The summed E-state index contributed by atoms with van der Waals surface area (Å²) in [6.45, 7) is 6.15. The SMILES string of the molecule is COCCN1CC2(CCC1=O)CCN(c1ccnc(C)n1)CC2. The van der Waals surface area contributed by atoms with Crippen molar-refractivity contribution >= 4 is 11.7 Å². The maximum absolute atomic E-state index is 12.1. The van der Waals surface area contributed by atoms with Gasteiger partial charge in [-0.3, -0.25) is 4.79 Å². The predicted octanol–water partition coefficient (Wildman–Crippen LogP) is 1.64. The number of amides is 1. The van der Waals surface area contributed by atoms with E-state index in [0.717, 1.165) is 50.5 Å². The van der Waals surface area contributed by atoms with Crippen molar-refractivity contribution in [3.8, 4) is 0 Å². The van der Waals surface area contributed by atoms with Gasteiger partial charge in [0.15, 0.2) is 0 Å². The Labute approximate surface area is 137 Å². The van der Waals surface area contributed by atoms with Gasteiger partial charge in [-0.15, -0.1) is 0 Å². The number of aryl methyl sites for hydroxylation is 1. The number of carbonyl (C=O) groups excluding carboxylic acids is 1. The normalized spacial score (nSPS) is 21.0. The van der Waals surface area contributed by atoms with Gasteiger partial charge in [0, 0.05) is 45.9 Å². The molecule has 6 heteroatoms. The average molecular weight is 318 g/mol. The second kappa shape index (κ2) is 6.83. The van der Waals surface area contributed by atoms with Crippen LogP contribution in [-0.2, 0) is 9.53 Å². The predicted molar refractivity (Wildman–Crippen MR) is 88.3 cm³/mol. The first-order valence-corrected chi connectivity index (χ1v) is 8.43. The molecule has 0 N–H and O–H groups in total. The lowest BCUT2D eigenvalue weighted by Gasteiger charge is -2.47. The first-order valence-electron chi connectivity index (χ1n) is 8.43. The topological polar surface area (TPSA) is 58.6 Å². The molecule has 2 aliphatic rings. The molecule has 3 rings (SSSR count). The lowest BCUT2D eigenvalue weighted by molar-refractivity contribution is -0.139. The molecule has 0 bridgehead atoms. The van der Waals surface area contributed by atoms with E-state index in [9.17, 15) is 4.79 Å². The summed E-state index contributed by atoms with van der Waals surface area (Å²) in [5.74, 6) is 2.12. The van der Waals surface area contributed by atoms with Crippen LogP contribution in [0.15, 0.2) is 12.3 Å². The number of likely N-dealkylation sites (tertiary alicyclic amines) is 1. The molecule has 1 aromatic rings. The van der Waals surface area contributed by atoms with Gasteiger partial charge in [0.05, 0.1) is 6.61 Å². The standard InChI is InChI=1S/C17H26N4O2/c1-14-18-8-4-15(19-14)20-9-6-17(7-10-20)5-3-16(22)21(13-17)11-12-23-2/h4,8H,3,5-7,9-13H2,1-2H3. The van der Waals surface area contributed by atoms with E-state index in [-0.39, 0.29) is 11.3 Å². The fourth-order valence-electron chi connectivity index (χ4n) is 3.75. The summed E-state index contributed by atoms with van der Waals surface area (Å²) < 4.78 is 5.14. The highest BCUT2D eigenvalue weighted by Gasteiger charge is 2.40. The maximum Gasteiger partial charge on any atom is 0.222 e. The molecular weight excluding hydrogens is 292 g/mol. The molecule has 2 aliphatic heterocycles. The van der Waals surface area contributed by atoms with E-state index in [0.29, 0.717) is 19.6 Å². The van der Waals surface area contributed by atoms with Crippen LogP contribution in [0.25, 0.3) is 0 Å². The molecule has 0 saturated carbocycles. The van der Waals surface area contributed by atoms with E-state index in [1.165, 1.54) is 0 Å². The maximum atomic E-state index is 12.1. The Morgan fingerprint density at radius 2 is 2.09 bits per heavy atom. The van der Waals surface area contributed by atoms with Crippen LogP contribution in [0, 0.1) is 12.3 Å². The Bertz CT molecular complexity index is 555. The first-order chi connectivity index (χ1) is 11.1. The summed E-state index contributed by atoms with van der Waals surface area (Å²) in [6, 6.07) is 1.99. The molecule has 23 heavy (non-hydrogen) atoms. The fourth-order valence-corrected chi connectivity index (χ4v) is 3.75. The van der Waals surface area contributed by atoms with Crippen molar-refractivity contribution in [1.82, 2.24) is 14.9 Å². The largest absolute Gasteiger partial charge is 0.383 e. The molecule has 1 aromatic heterocycles. The highest BCUT2D eigenvalue weighted by molar-refractivity contribution is 5.77. The summed E-state index contributed by atoms with van der Waals surface area (Å²) in [5, 5.41) is 0. The van der Waals surface area contributed by atoms with Gasteiger partial charge >= 0.3 is 0 Å². The Morgan fingerprint density at radius 1 is 1.30 bits per heavy atom. The second-order valence-corrected chi connectivity index (χ2v) is 6.76. The molecule has 1 spiro atoms. The third kappa shape index (κ3) is 3.63. The molecule has 1 amide bonds. The van der Waals surface area contributed by atoms with Crippen molar-refractivity contribution in [2.45, 2.75) is 32.6 Å². The summed E-state index contributed by atoms with van der Waals surface area (Å²) in [6.07, 6.45) is 5.76. The van der Waals surface area contributed by atoms with E-state index in [1.54, 1.807) is 7.11 Å². The molecule has 0 radical (unpaired) electrons. The summed E-state index contributed by atoms with van der Waals surface area (Å²) in [5.41, 5.74) is 0.278. The number of nitrogens with zero attached hydrogens (tertiary/aromatic N) is 4. The van der Waals surface area contributed by atoms with Gasteiger partial charge in [-0.25, -0.2) is 9.97 Å². The highest BCUT2D eigenvalue weighted by atomic mass is 16.5. The van der Waals surface area contributed by atoms with Gasteiger partial charge in [0.1, 0.15) is 11.6 Å². The molecule has 0 aromatic carbocycles. The molecule has 0 aliphatic carbocycles. The molecular formula is C17H26N4O2. The minimum Gasteiger partial charge on any atom is -0.383 e. The molecule has 3 heterocycles. The van der Waals surface area contributed by atoms with E-state index >= 15 is 0 Å². The van der Waals surface area contributed by atoms with Gasteiger partial charge in [-0.05, 0) is 37.7 Å². The first kappa shape index (κ1) is 16.2. The van der Waals surface area contributed by atoms with Gasteiger partial charge in [-0.1, -0.05) is 0 Å². The Hall–Kier alpha value is -1.69. The lowest BCUT2D eigenvalue weighted by atomic mass is 9.72. The van der Waals surface area contributed by atoms with Crippen LogP contribution < -0.4 is 4.90 Å². The van der Waals surface area contributed by atoms with Crippen LogP contribution in [0.4, 0.5) is 5.82 Å². The Balaban J connectivity index is 1.62. The fraction of sp³-hybridized carbons (Fsp3) is 0.706. The summed E-state index contributed by atoms with van der Waals surface area (Å²) in [7, 11) is 1.69. The molecule has 126 valence electrons. The van der Waals surface area contributed by atoms with Crippen LogP contribution in [0.5, 0.6) is 0 Å². The van der Waals surface area contributed by atoms with Crippen molar-refractivity contribution in [1.29, 1.82) is 0 Å². The number of hydrogen-bond donors (Lipinski definition) is 0. The van der Waals surface area contributed by atoms with Crippen molar-refractivity contribution in [2.75, 3.05) is 44.8 Å². The average Bonchev–Trinajstić information content (AvgIpc) is 2.57. The molecule has 2 fully saturated rings. The summed E-state index contributed by atoms with van der Waals surface area (Å²) >= 11 is 0. The number of piperidine rings is 2. The van der Waals surface area contributed by atoms with Crippen molar-refractivity contribution in [3.05, 3.63) is 18.1 Å². The zero-order valence-electron chi connectivity index (χ0n) is 14.1. The number of hydrogen-bond acceptors (Lipinski definition) is 5.